The molecule has 4 aromatic carbocycles. The van der Waals surface area contributed by atoms with E-state index in [0.29, 0.717) is 38.7 Å². The highest BCUT2D eigenvalue weighted by molar-refractivity contribution is 9.11. The molecular weight excluding hydrogens is 732 g/mol. The molecule has 0 radical (unpaired) electrons. The molecule has 232 valence electrons. The second kappa shape index (κ2) is 14.0. The predicted octanol–water partition coefficient (Wildman–Crippen LogP) is 7.05. The van der Waals surface area contributed by atoms with Gasteiger partial charge in [-0.3, -0.25) is 9.36 Å². The number of rotatable bonds is 9. The van der Waals surface area contributed by atoms with Crippen LogP contribution in [0.1, 0.15) is 35.2 Å². The third-order valence-corrected chi connectivity index (χ3v) is 9.38. The van der Waals surface area contributed by atoms with Crippen molar-refractivity contribution >= 4 is 60.9 Å². The number of thiazole rings is 1. The molecule has 0 N–H and O–H groups in total. The Bertz CT molecular complexity index is 2110. The first-order valence-corrected chi connectivity index (χ1v) is 16.9. The summed E-state index contributed by atoms with van der Waals surface area (Å²) < 4.78 is 20.8. The number of ether oxygens (including phenoxy) is 3. The lowest BCUT2D eigenvalue weighted by atomic mass is 9.93. The van der Waals surface area contributed by atoms with E-state index in [1.54, 1.807) is 24.7 Å². The van der Waals surface area contributed by atoms with Crippen LogP contribution in [0.2, 0.25) is 0 Å². The van der Waals surface area contributed by atoms with Gasteiger partial charge in [-0.15, -0.1) is 0 Å². The summed E-state index contributed by atoms with van der Waals surface area (Å²) in [7, 11) is 1.59. The Morgan fingerprint density at radius 2 is 1.67 bits per heavy atom. The average Bonchev–Trinajstić information content (AvgIpc) is 3.38. The molecule has 0 saturated heterocycles. The van der Waals surface area contributed by atoms with Gasteiger partial charge >= 0.3 is 5.97 Å². The van der Waals surface area contributed by atoms with Gasteiger partial charge in [0, 0.05) is 15.6 Å². The smallest absolute Gasteiger partial charge is 0.338 e. The van der Waals surface area contributed by atoms with Crippen LogP contribution in [0.25, 0.3) is 11.8 Å². The predicted molar refractivity (Wildman–Crippen MR) is 187 cm³/mol. The van der Waals surface area contributed by atoms with Gasteiger partial charge in [0.2, 0.25) is 0 Å². The van der Waals surface area contributed by atoms with E-state index >= 15 is 0 Å². The van der Waals surface area contributed by atoms with Gasteiger partial charge in [0.25, 0.3) is 5.56 Å². The molecule has 0 bridgehead atoms. The molecule has 2 heterocycles. The molecule has 0 aliphatic carbocycles. The number of methoxy groups -OCH3 is 1. The Morgan fingerprint density at radius 3 is 2.35 bits per heavy atom. The number of hydrogen-bond acceptors (Lipinski definition) is 7. The van der Waals surface area contributed by atoms with Crippen LogP contribution in [0.5, 0.6) is 11.5 Å². The van der Waals surface area contributed by atoms with Crippen LogP contribution in [0.3, 0.4) is 0 Å². The first-order chi connectivity index (χ1) is 22.4. The molecule has 46 heavy (non-hydrogen) atoms. The second-order valence-electron chi connectivity index (χ2n) is 10.3. The minimum Gasteiger partial charge on any atom is -0.497 e. The summed E-state index contributed by atoms with van der Waals surface area (Å²) in [5.74, 6) is 0.721. The van der Waals surface area contributed by atoms with E-state index in [2.05, 4.69) is 31.9 Å². The molecule has 0 amide bonds. The lowest BCUT2D eigenvalue weighted by Crippen LogP contribution is -2.40. The summed E-state index contributed by atoms with van der Waals surface area (Å²) in [6.07, 6.45) is 1.81. The Balaban J connectivity index is 1.57. The topological polar surface area (TPSA) is 79.1 Å². The van der Waals surface area contributed by atoms with Crippen LogP contribution < -0.4 is 24.4 Å². The Kier molecular flexibility index (Phi) is 9.67. The van der Waals surface area contributed by atoms with Gasteiger partial charge in [0.05, 0.1) is 40.0 Å². The first-order valence-electron chi connectivity index (χ1n) is 14.5. The number of aromatic nitrogens is 1. The van der Waals surface area contributed by atoms with Crippen LogP contribution in [0, 0.1) is 0 Å². The van der Waals surface area contributed by atoms with Crippen LogP contribution >= 0.6 is 43.2 Å². The third-order valence-electron chi connectivity index (χ3n) is 7.35. The molecule has 10 heteroatoms. The minimum atomic E-state index is -0.790. The van der Waals surface area contributed by atoms with Crippen molar-refractivity contribution in [3.63, 3.8) is 0 Å². The summed E-state index contributed by atoms with van der Waals surface area (Å²) in [6, 6.07) is 29.7. The lowest BCUT2D eigenvalue weighted by Gasteiger charge is -2.26. The number of carbonyl (C=O) groups is 1. The molecule has 5 aromatic rings. The van der Waals surface area contributed by atoms with E-state index in [-0.39, 0.29) is 17.7 Å². The fraction of sp³-hybridized carbons (Fsp3) is 0.139. The summed E-state index contributed by atoms with van der Waals surface area (Å²) in [6.45, 7) is 2.28. The van der Waals surface area contributed by atoms with Crippen LogP contribution in [-0.4, -0.2) is 24.3 Å². The standard InChI is InChI=1S/C36H28Br2N2O5S/c1-3-44-35(42)30-31(23-12-8-5-9-13-23)39-36-40(32(30)24-14-16-27(43-2)17-15-24)34(41)29(46-36)19-25-18-26(37)20-28(38)33(25)45-21-22-10-6-4-7-11-22/h4-20,32H,3,21H2,1-2H3/b29-19-/t32-/m1/s1. The molecule has 0 spiro atoms. The zero-order valence-corrected chi connectivity index (χ0v) is 28.9. The van der Waals surface area contributed by atoms with E-state index in [0.717, 1.165) is 25.6 Å². The van der Waals surface area contributed by atoms with Gasteiger partial charge in [-0.25, -0.2) is 9.79 Å². The maximum atomic E-state index is 14.4. The first kappa shape index (κ1) is 31.7. The maximum absolute atomic E-state index is 14.4. The highest BCUT2D eigenvalue weighted by atomic mass is 79.9. The van der Waals surface area contributed by atoms with E-state index < -0.39 is 12.0 Å². The molecule has 1 aliphatic heterocycles. The van der Waals surface area contributed by atoms with Crippen molar-refractivity contribution in [2.45, 2.75) is 19.6 Å². The largest absolute Gasteiger partial charge is 0.497 e. The monoisotopic (exact) mass is 758 g/mol. The van der Waals surface area contributed by atoms with Crippen molar-refractivity contribution in [3.05, 3.63) is 154 Å². The van der Waals surface area contributed by atoms with E-state index in [1.807, 2.05) is 97.1 Å². The number of halogens is 2. The number of carbonyl (C=O) groups excluding carboxylic acids is 1. The number of hydrogen-bond donors (Lipinski definition) is 0. The molecule has 0 fully saturated rings. The van der Waals surface area contributed by atoms with Crippen LogP contribution in [0.15, 0.2) is 121 Å². The quantitative estimate of drug-likeness (QED) is 0.151. The second-order valence-corrected chi connectivity index (χ2v) is 13.1. The van der Waals surface area contributed by atoms with Gasteiger partial charge in [0.15, 0.2) is 4.80 Å². The highest BCUT2D eigenvalue weighted by Gasteiger charge is 2.35. The van der Waals surface area contributed by atoms with Gasteiger partial charge in [-0.1, -0.05) is 100 Å². The summed E-state index contributed by atoms with van der Waals surface area (Å²) in [5, 5.41) is 0. The lowest BCUT2D eigenvalue weighted by molar-refractivity contribution is -0.138. The van der Waals surface area contributed by atoms with Gasteiger partial charge in [-0.2, -0.15) is 0 Å². The summed E-state index contributed by atoms with van der Waals surface area (Å²) in [5.41, 5.74) is 3.65. The Labute approximate surface area is 286 Å². The number of nitrogens with zero attached hydrogens (tertiary/aromatic N) is 2. The van der Waals surface area contributed by atoms with Crippen molar-refractivity contribution in [1.82, 2.24) is 4.57 Å². The fourth-order valence-corrected chi connectivity index (χ4v) is 7.62. The molecule has 0 saturated carbocycles. The van der Waals surface area contributed by atoms with Crippen LogP contribution in [0.4, 0.5) is 0 Å². The summed E-state index contributed by atoms with van der Waals surface area (Å²) >= 11 is 8.48. The van der Waals surface area contributed by atoms with Crippen LogP contribution in [-0.2, 0) is 16.1 Å². The zero-order chi connectivity index (χ0) is 32.2. The van der Waals surface area contributed by atoms with Crippen molar-refractivity contribution < 1.29 is 19.0 Å². The Hall–Kier alpha value is -4.25. The van der Waals surface area contributed by atoms with Crippen molar-refractivity contribution in [1.29, 1.82) is 0 Å². The van der Waals surface area contributed by atoms with E-state index in [1.165, 1.54) is 11.3 Å². The normalized spacial score (nSPS) is 14.4. The number of fused-ring (bicyclic) bond motifs is 1. The Morgan fingerprint density at radius 1 is 0.978 bits per heavy atom. The van der Waals surface area contributed by atoms with Crippen molar-refractivity contribution in [2.75, 3.05) is 13.7 Å². The van der Waals surface area contributed by atoms with E-state index in [9.17, 15) is 9.59 Å². The number of esters is 1. The molecular formula is C36H28Br2N2O5S. The molecule has 6 rings (SSSR count). The molecule has 7 nitrogen and oxygen atoms in total. The zero-order valence-electron chi connectivity index (χ0n) is 24.9. The minimum absolute atomic E-state index is 0.174. The fourth-order valence-electron chi connectivity index (χ4n) is 5.25. The van der Waals surface area contributed by atoms with Gasteiger partial charge in [0.1, 0.15) is 18.1 Å². The van der Waals surface area contributed by atoms with E-state index in [4.69, 9.17) is 19.2 Å². The number of benzene rings is 4. The SMILES string of the molecule is CCOC(=O)C1=C(c2ccccc2)N=c2s/c(=C\c3cc(Br)cc(Br)c3OCc3ccccc3)c(=O)n2[C@@H]1c1ccc(OC)cc1. The third kappa shape index (κ3) is 6.51. The molecule has 1 aromatic heterocycles. The van der Waals surface area contributed by atoms with Gasteiger partial charge < -0.3 is 14.2 Å². The van der Waals surface area contributed by atoms with Gasteiger partial charge in [-0.05, 0) is 64.3 Å². The molecule has 1 atom stereocenters. The molecule has 0 unspecified atom stereocenters. The molecule has 1 aliphatic rings. The summed E-state index contributed by atoms with van der Waals surface area (Å²) in [4.78, 5) is 33.5. The van der Waals surface area contributed by atoms with Crippen molar-refractivity contribution in [3.8, 4) is 11.5 Å². The maximum Gasteiger partial charge on any atom is 0.338 e. The average molecular weight is 761 g/mol. The van der Waals surface area contributed by atoms with Crippen molar-refractivity contribution in [2.24, 2.45) is 4.99 Å². The highest BCUT2D eigenvalue weighted by Crippen LogP contribution is 2.36.